The molecule has 0 saturated heterocycles. The zero-order valence-electron chi connectivity index (χ0n) is 21.5. The van der Waals surface area contributed by atoms with Crippen LogP contribution in [0.25, 0.3) is 22.8 Å². The highest BCUT2D eigenvalue weighted by molar-refractivity contribution is 6.32. The van der Waals surface area contributed by atoms with E-state index in [0.29, 0.717) is 11.3 Å². The minimum atomic E-state index is -4.54. The standard InChI is InChI=1S/C32H29ClF3N3/c1-20(2)6-7-21-8-10-24(11-9-21)29(25-14-12-22(13-15-25)26(17-37)18-38)30(23-4-3-5-23)31-28(33)16-27(19-39-31)32(34,35)36/h6-19,23,37H,1,3-5,38H2,2H3/b7-6+,26-18+,30-29+,37-17?. The first-order chi connectivity index (χ1) is 18.6. The molecule has 3 nitrogen and oxygen atoms in total. The normalized spacial score (nSPS) is 15.2. The van der Waals surface area contributed by atoms with Crippen molar-refractivity contribution in [3.8, 4) is 0 Å². The maximum atomic E-state index is 13.4. The van der Waals surface area contributed by atoms with E-state index in [-0.39, 0.29) is 10.9 Å². The lowest BCUT2D eigenvalue weighted by Crippen LogP contribution is -2.17. The van der Waals surface area contributed by atoms with Gasteiger partial charge in [-0.1, -0.05) is 90.9 Å². The lowest BCUT2D eigenvalue weighted by atomic mass is 9.74. The SMILES string of the molecule is C=C(C)/C=C/c1ccc(/C(=C(\c2ncc(C(F)(F)F)cc2Cl)C2CCC2)c2ccc(/C(C=N)=C/N)cc2)cc1. The third kappa shape index (κ3) is 6.40. The van der Waals surface area contributed by atoms with Crippen molar-refractivity contribution < 1.29 is 13.2 Å². The predicted molar refractivity (Wildman–Crippen MR) is 155 cm³/mol. The van der Waals surface area contributed by atoms with Crippen molar-refractivity contribution in [3.63, 3.8) is 0 Å². The Labute approximate surface area is 231 Å². The molecule has 1 saturated carbocycles. The van der Waals surface area contributed by atoms with Gasteiger partial charge in [-0.25, -0.2) is 0 Å². The molecule has 0 unspecified atom stereocenters. The number of nitrogens with zero attached hydrogens (tertiary/aromatic N) is 1. The van der Waals surface area contributed by atoms with E-state index < -0.39 is 11.7 Å². The summed E-state index contributed by atoms with van der Waals surface area (Å²) >= 11 is 6.51. The van der Waals surface area contributed by atoms with Gasteiger partial charge < -0.3 is 11.1 Å². The lowest BCUT2D eigenvalue weighted by molar-refractivity contribution is -0.137. The molecular formula is C32H29ClF3N3. The number of allylic oxidation sites excluding steroid dienone is 4. The van der Waals surface area contributed by atoms with E-state index in [1.807, 2.05) is 67.6 Å². The molecule has 1 heterocycles. The Kier molecular flexibility index (Phi) is 8.56. The molecule has 4 rings (SSSR count). The minimum absolute atomic E-state index is 0.0287. The molecule has 0 aliphatic heterocycles. The van der Waals surface area contributed by atoms with Crippen LogP contribution in [-0.4, -0.2) is 11.2 Å². The summed E-state index contributed by atoms with van der Waals surface area (Å²) in [7, 11) is 0. The fourth-order valence-electron chi connectivity index (χ4n) is 4.54. The third-order valence-electron chi connectivity index (χ3n) is 6.81. The van der Waals surface area contributed by atoms with E-state index in [1.165, 1.54) is 12.4 Å². The van der Waals surface area contributed by atoms with Gasteiger partial charge in [0.05, 0.1) is 16.3 Å². The predicted octanol–water partition coefficient (Wildman–Crippen LogP) is 9.05. The zero-order valence-corrected chi connectivity index (χ0v) is 22.3. The molecule has 0 atom stereocenters. The molecule has 1 aliphatic rings. The van der Waals surface area contributed by atoms with Crippen LogP contribution in [0.1, 0.15) is 59.7 Å². The molecule has 7 heteroatoms. The van der Waals surface area contributed by atoms with Gasteiger partial charge in [-0.05, 0) is 65.1 Å². The molecule has 0 amide bonds. The Morgan fingerprint density at radius 3 is 2.10 bits per heavy atom. The third-order valence-corrected chi connectivity index (χ3v) is 7.10. The minimum Gasteiger partial charge on any atom is -0.404 e. The number of aromatic nitrogens is 1. The summed E-state index contributed by atoms with van der Waals surface area (Å²) in [6.07, 6.45) is 5.60. The van der Waals surface area contributed by atoms with Gasteiger partial charge in [0.2, 0.25) is 0 Å². The van der Waals surface area contributed by atoms with Gasteiger partial charge in [0.1, 0.15) is 0 Å². The second-order valence-electron chi connectivity index (χ2n) is 9.61. The average Bonchev–Trinajstić information content (AvgIpc) is 2.88. The van der Waals surface area contributed by atoms with Crippen molar-refractivity contribution in [2.24, 2.45) is 11.7 Å². The van der Waals surface area contributed by atoms with Crippen molar-refractivity contribution in [1.82, 2.24) is 4.98 Å². The number of halogens is 4. The van der Waals surface area contributed by atoms with Crippen LogP contribution in [0.4, 0.5) is 13.2 Å². The summed E-state index contributed by atoms with van der Waals surface area (Å²) in [5.74, 6) is 0.102. The number of pyridine rings is 1. The number of benzene rings is 2. The molecule has 3 N–H and O–H groups in total. The Bertz CT molecular complexity index is 1460. The topological polar surface area (TPSA) is 62.8 Å². The van der Waals surface area contributed by atoms with Crippen molar-refractivity contribution in [2.45, 2.75) is 32.4 Å². The van der Waals surface area contributed by atoms with Crippen molar-refractivity contribution in [1.29, 1.82) is 5.41 Å². The van der Waals surface area contributed by atoms with Crippen molar-refractivity contribution in [2.75, 3.05) is 0 Å². The number of nitrogens with two attached hydrogens (primary N) is 1. The maximum Gasteiger partial charge on any atom is 0.417 e. The summed E-state index contributed by atoms with van der Waals surface area (Å²) in [5, 5.41) is 7.58. The number of nitrogens with one attached hydrogen (secondary N) is 1. The molecule has 3 aromatic rings. The Hall–Kier alpha value is -3.90. The number of rotatable bonds is 8. The van der Waals surface area contributed by atoms with Crippen LogP contribution >= 0.6 is 11.6 Å². The van der Waals surface area contributed by atoms with Crippen LogP contribution in [0.15, 0.2) is 85.2 Å². The second-order valence-corrected chi connectivity index (χ2v) is 10.0. The van der Waals surface area contributed by atoms with E-state index in [1.54, 1.807) is 0 Å². The van der Waals surface area contributed by atoms with Gasteiger partial charge >= 0.3 is 6.18 Å². The second kappa shape index (κ2) is 11.9. The Morgan fingerprint density at radius 2 is 1.64 bits per heavy atom. The van der Waals surface area contributed by atoms with Crippen LogP contribution in [0.3, 0.4) is 0 Å². The molecule has 1 aliphatic carbocycles. The summed E-state index contributed by atoms with van der Waals surface area (Å²) in [6, 6.07) is 16.6. The molecule has 1 fully saturated rings. The van der Waals surface area contributed by atoms with Crippen LogP contribution in [0, 0.1) is 11.3 Å². The maximum absolute atomic E-state index is 13.4. The van der Waals surface area contributed by atoms with Gasteiger partial charge in [0.25, 0.3) is 0 Å². The van der Waals surface area contributed by atoms with E-state index >= 15 is 0 Å². The van der Waals surface area contributed by atoms with E-state index in [4.69, 9.17) is 22.7 Å². The molecule has 200 valence electrons. The fraction of sp³-hybridized carbons (Fsp3) is 0.188. The molecule has 0 radical (unpaired) electrons. The quantitative estimate of drug-likeness (QED) is 0.218. The summed E-state index contributed by atoms with van der Waals surface area (Å²) < 4.78 is 40.2. The molecule has 1 aromatic heterocycles. The molecular weight excluding hydrogens is 519 g/mol. The first-order valence-corrected chi connectivity index (χ1v) is 12.9. The zero-order chi connectivity index (χ0) is 28.2. The van der Waals surface area contributed by atoms with Crippen LogP contribution in [0.5, 0.6) is 0 Å². The van der Waals surface area contributed by atoms with Crippen LogP contribution < -0.4 is 5.73 Å². The van der Waals surface area contributed by atoms with Crippen LogP contribution in [0.2, 0.25) is 5.02 Å². The average molecular weight is 548 g/mol. The van der Waals surface area contributed by atoms with Crippen molar-refractivity contribution in [3.05, 3.63) is 124 Å². The number of hydrogen-bond donors (Lipinski definition) is 2. The highest BCUT2D eigenvalue weighted by Crippen LogP contribution is 2.46. The van der Waals surface area contributed by atoms with E-state index in [0.717, 1.165) is 70.5 Å². The van der Waals surface area contributed by atoms with Crippen molar-refractivity contribution >= 4 is 40.6 Å². The molecule has 0 bridgehead atoms. The highest BCUT2D eigenvalue weighted by atomic mass is 35.5. The summed E-state index contributed by atoms with van der Waals surface area (Å²) in [4.78, 5) is 4.27. The van der Waals surface area contributed by atoms with Gasteiger partial charge in [-0.15, -0.1) is 0 Å². The highest BCUT2D eigenvalue weighted by Gasteiger charge is 2.34. The fourth-order valence-corrected chi connectivity index (χ4v) is 4.81. The van der Waals surface area contributed by atoms with Crippen LogP contribution in [-0.2, 0) is 6.18 Å². The monoisotopic (exact) mass is 547 g/mol. The number of hydrogen-bond acceptors (Lipinski definition) is 3. The summed E-state index contributed by atoms with van der Waals surface area (Å²) in [6.45, 7) is 5.82. The first kappa shape index (κ1) is 28.1. The first-order valence-electron chi connectivity index (χ1n) is 12.6. The Balaban J connectivity index is 1.95. The van der Waals surface area contributed by atoms with Gasteiger partial charge in [0, 0.05) is 24.2 Å². The smallest absolute Gasteiger partial charge is 0.404 e. The van der Waals surface area contributed by atoms with Gasteiger partial charge in [-0.3, -0.25) is 4.98 Å². The molecule has 2 aromatic carbocycles. The number of alkyl halides is 3. The lowest BCUT2D eigenvalue weighted by Gasteiger charge is -2.31. The molecule has 39 heavy (non-hydrogen) atoms. The largest absolute Gasteiger partial charge is 0.417 e. The van der Waals surface area contributed by atoms with E-state index in [2.05, 4.69) is 11.6 Å². The molecule has 0 spiro atoms. The Morgan fingerprint density at radius 1 is 1.05 bits per heavy atom. The summed E-state index contributed by atoms with van der Waals surface area (Å²) in [5.41, 5.74) is 11.9. The van der Waals surface area contributed by atoms with E-state index in [9.17, 15) is 13.2 Å². The van der Waals surface area contributed by atoms with Gasteiger partial charge in [-0.2, -0.15) is 13.2 Å². The van der Waals surface area contributed by atoms with Gasteiger partial charge in [0.15, 0.2) is 0 Å².